The molecule has 1 fully saturated rings. The van der Waals surface area contributed by atoms with E-state index in [1.807, 2.05) is 4.90 Å². The highest BCUT2D eigenvalue weighted by molar-refractivity contribution is 5.96. The van der Waals surface area contributed by atoms with Gasteiger partial charge in [-0.05, 0) is 49.4 Å². The Hall–Kier alpha value is -4.38. The van der Waals surface area contributed by atoms with Crippen molar-refractivity contribution in [2.45, 2.75) is 13.0 Å². The van der Waals surface area contributed by atoms with E-state index < -0.39 is 6.04 Å². The van der Waals surface area contributed by atoms with Crippen molar-refractivity contribution in [3.63, 3.8) is 0 Å². The molecule has 0 bridgehead atoms. The highest BCUT2D eigenvalue weighted by Crippen LogP contribution is 2.22. The maximum absolute atomic E-state index is 13.0. The molecule has 3 heterocycles. The topological polar surface area (TPSA) is 114 Å². The molecule has 1 atom stereocenters. The number of ether oxygens (including phenoxy) is 2. The van der Waals surface area contributed by atoms with Gasteiger partial charge in [0.05, 0.1) is 30.5 Å². The molecule has 37 heavy (non-hydrogen) atoms. The van der Waals surface area contributed by atoms with Crippen molar-refractivity contribution in [2.24, 2.45) is 0 Å². The van der Waals surface area contributed by atoms with Gasteiger partial charge < -0.3 is 19.7 Å². The van der Waals surface area contributed by atoms with E-state index >= 15 is 0 Å². The van der Waals surface area contributed by atoms with E-state index in [2.05, 4.69) is 15.3 Å². The lowest BCUT2D eigenvalue weighted by atomic mass is 10.1. The summed E-state index contributed by atoms with van der Waals surface area (Å²) in [6.07, 6.45) is 3.46. The zero-order valence-electron chi connectivity index (χ0n) is 20.4. The number of nitrogens with zero attached hydrogens (tertiary/aromatic N) is 4. The number of aromatic nitrogens is 2. The number of carbonyl (C=O) groups excluding carboxylic acids is 3. The van der Waals surface area contributed by atoms with Crippen molar-refractivity contribution >= 4 is 23.9 Å². The lowest BCUT2D eigenvalue weighted by Crippen LogP contribution is -2.54. The second kappa shape index (κ2) is 11.6. The molecule has 0 aliphatic carbocycles. The van der Waals surface area contributed by atoms with Crippen molar-refractivity contribution in [3.8, 4) is 17.4 Å². The monoisotopic (exact) mass is 507 g/mol. The summed E-state index contributed by atoms with van der Waals surface area (Å²) >= 11 is 0. The Morgan fingerprint density at radius 2 is 1.73 bits per heavy atom. The highest BCUT2D eigenvalue weighted by atomic mass is 19.1. The molecule has 192 valence electrons. The van der Waals surface area contributed by atoms with Crippen molar-refractivity contribution in [1.29, 1.82) is 0 Å². The predicted octanol–water partition coefficient (Wildman–Crippen LogP) is 3.01. The van der Waals surface area contributed by atoms with E-state index in [9.17, 15) is 18.8 Å². The summed E-state index contributed by atoms with van der Waals surface area (Å²) in [6, 6.07) is 9.92. The van der Waals surface area contributed by atoms with Gasteiger partial charge in [-0.2, -0.15) is 0 Å². The van der Waals surface area contributed by atoms with Gasteiger partial charge in [0.15, 0.2) is 6.29 Å². The molecule has 1 N–H and O–H groups in total. The van der Waals surface area contributed by atoms with Gasteiger partial charge in [-0.15, -0.1) is 0 Å². The zero-order valence-corrected chi connectivity index (χ0v) is 20.4. The molecule has 1 saturated heterocycles. The molecule has 0 spiro atoms. The molecular formula is C26H26FN5O5. The van der Waals surface area contributed by atoms with Crippen LogP contribution in [-0.4, -0.2) is 77.2 Å². The largest absolute Gasteiger partial charge is 0.480 e. The maximum Gasteiger partial charge on any atom is 0.255 e. The Morgan fingerprint density at radius 1 is 1.03 bits per heavy atom. The van der Waals surface area contributed by atoms with Gasteiger partial charge in [0.25, 0.3) is 5.91 Å². The van der Waals surface area contributed by atoms with Crippen molar-refractivity contribution < 1.29 is 28.2 Å². The molecule has 2 amide bonds. The Morgan fingerprint density at radius 3 is 2.35 bits per heavy atom. The van der Waals surface area contributed by atoms with Gasteiger partial charge in [-0.3, -0.25) is 19.3 Å². The van der Waals surface area contributed by atoms with Gasteiger partial charge in [-0.25, -0.2) is 14.4 Å². The number of carbonyl (C=O) groups is 3. The van der Waals surface area contributed by atoms with E-state index in [0.717, 1.165) is 0 Å². The third kappa shape index (κ3) is 6.25. The first-order valence-corrected chi connectivity index (χ1v) is 11.6. The summed E-state index contributed by atoms with van der Waals surface area (Å²) in [4.78, 5) is 48.8. The molecule has 4 rings (SSSR count). The molecule has 10 nitrogen and oxygen atoms in total. The summed E-state index contributed by atoms with van der Waals surface area (Å²) in [7, 11) is 1.41. The second-order valence-corrected chi connectivity index (χ2v) is 8.37. The molecule has 11 heteroatoms. The van der Waals surface area contributed by atoms with E-state index in [4.69, 9.17) is 9.47 Å². The summed E-state index contributed by atoms with van der Waals surface area (Å²) in [5, 5.41) is 2.79. The number of piperazine rings is 1. The van der Waals surface area contributed by atoms with E-state index in [0.29, 0.717) is 55.3 Å². The first-order valence-electron chi connectivity index (χ1n) is 11.6. The molecule has 2 aromatic heterocycles. The lowest BCUT2D eigenvalue weighted by molar-refractivity contribution is -0.121. The van der Waals surface area contributed by atoms with Gasteiger partial charge in [0.1, 0.15) is 23.1 Å². The van der Waals surface area contributed by atoms with E-state index in [1.54, 1.807) is 24.0 Å². The fraction of sp³-hybridized carbons (Fsp3) is 0.269. The number of anilines is 1. The Bertz CT molecular complexity index is 1260. The highest BCUT2D eigenvalue weighted by Gasteiger charge is 2.28. The van der Waals surface area contributed by atoms with Crippen LogP contribution in [0.1, 0.15) is 27.6 Å². The summed E-state index contributed by atoms with van der Waals surface area (Å²) in [6.45, 7) is 3.65. The molecule has 3 aromatic rings. The number of rotatable bonds is 8. The standard InChI is InChI=1S/C26H26FN5O5/c1-17(24(34)30-23-8-7-22(15-28-23)37-21-5-3-20(27)4-6-21)31-9-11-32(12-10-31)26(35)18-13-19(16-33)25(36-2)29-14-18/h3-8,13-17H,9-12H2,1-2H3,(H,28,30,34). The molecule has 1 aliphatic heterocycles. The average Bonchev–Trinajstić information content (AvgIpc) is 2.94. The molecule has 0 radical (unpaired) electrons. The first kappa shape index (κ1) is 25.7. The quantitative estimate of drug-likeness (QED) is 0.463. The number of nitrogens with one attached hydrogen (secondary N) is 1. The van der Waals surface area contributed by atoms with Gasteiger partial charge >= 0.3 is 0 Å². The molecule has 1 aromatic carbocycles. The van der Waals surface area contributed by atoms with Crippen molar-refractivity contribution in [2.75, 3.05) is 38.6 Å². The van der Waals surface area contributed by atoms with E-state index in [-0.39, 0.29) is 29.1 Å². The molecule has 1 aliphatic rings. The van der Waals surface area contributed by atoms with Crippen LogP contribution in [0.3, 0.4) is 0 Å². The van der Waals surface area contributed by atoms with Crippen molar-refractivity contribution in [3.05, 3.63) is 71.8 Å². The number of benzene rings is 1. The zero-order chi connectivity index (χ0) is 26.4. The van der Waals surface area contributed by atoms with Gasteiger partial charge in [0, 0.05) is 32.4 Å². The Kier molecular flexibility index (Phi) is 8.04. The van der Waals surface area contributed by atoms with Gasteiger partial charge in [-0.1, -0.05) is 0 Å². The normalized spacial score (nSPS) is 14.5. The fourth-order valence-electron chi connectivity index (χ4n) is 3.89. The summed E-state index contributed by atoms with van der Waals surface area (Å²) in [5.74, 6) is 0.644. The number of methoxy groups -OCH3 is 1. The number of aldehydes is 1. The molecule has 0 saturated carbocycles. The fourth-order valence-corrected chi connectivity index (χ4v) is 3.89. The number of halogens is 1. The predicted molar refractivity (Wildman–Crippen MR) is 132 cm³/mol. The van der Waals surface area contributed by atoms with Gasteiger partial charge in [0.2, 0.25) is 11.8 Å². The Labute approximate surface area is 213 Å². The minimum atomic E-state index is -0.446. The first-order chi connectivity index (χ1) is 17.9. The smallest absolute Gasteiger partial charge is 0.255 e. The van der Waals surface area contributed by atoms with Crippen LogP contribution >= 0.6 is 0 Å². The van der Waals surface area contributed by atoms with Crippen LogP contribution < -0.4 is 14.8 Å². The number of pyridine rings is 2. The lowest BCUT2D eigenvalue weighted by Gasteiger charge is -2.37. The molecular weight excluding hydrogens is 481 g/mol. The number of hydrogen-bond acceptors (Lipinski definition) is 8. The van der Waals surface area contributed by atoms with Crippen LogP contribution in [0.5, 0.6) is 17.4 Å². The third-order valence-corrected chi connectivity index (χ3v) is 6.01. The maximum atomic E-state index is 13.0. The summed E-state index contributed by atoms with van der Waals surface area (Å²) < 4.78 is 23.7. The van der Waals surface area contributed by atoms with Crippen LogP contribution in [0.2, 0.25) is 0 Å². The summed E-state index contributed by atoms with van der Waals surface area (Å²) in [5.41, 5.74) is 0.515. The van der Waals surface area contributed by atoms with Crippen LogP contribution in [-0.2, 0) is 4.79 Å². The average molecular weight is 508 g/mol. The van der Waals surface area contributed by atoms with Crippen LogP contribution in [0.15, 0.2) is 54.9 Å². The number of amides is 2. The Balaban J connectivity index is 1.28. The minimum absolute atomic E-state index is 0.167. The minimum Gasteiger partial charge on any atom is -0.480 e. The second-order valence-electron chi connectivity index (χ2n) is 8.37. The van der Waals surface area contributed by atoms with Crippen LogP contribution in [0.4, 0.5) is 10.2 Å². The van der Waals surface area contributed by atoms with Crippen molar-refractivity contribution in [1.82, 2.24) is 19.8 Å². The van der Waals surface area contributed by atoms with Crippen LogP contribution in [0, 0.1) is 5.82 Å². The van der Waals surface area contributed by atoms with Crippen LogP contribution in [0.25, 0.3) is 0 Å². The molecule has 1 unspecified atom stereocenters. The number of hydrogen-bond donors (Lipinski definition) is 1. The van der Waals surface area contributed by atoms with E-state index in [1.165, 1.54) is 49.8 Å². The SMILES string of the molecule is COc1ncc(C(=O)N2CCN(C(C)C(=O)Nc3ccc(Oc4ccc(F)cc4)cn3)CC2)cc1C=O. The third-order valence-electron chi connectivity index (χ3n) is 6.01.